The molecule has 0 aliphatic heterocycles. The van der Waals surface area contributed by atoms with Gasteiger partial charge in [0.2, 0.25) is 11.8 Å². The number of amides is 2. The molecule has 1 N–H and O–H groups in total. The zero-order valence-corrected chi connectivity index (χ0v) is 25.4. The molecule has 226 valence electrons. The van der Waals surface area contributed by atoms with Crippen LogP contribution in [-0.4, -0.2) is 58.5 Å². The second-order valence-corrected chi connectivity index (χ2v) is 11.7. The predicted octanol–water partition coefficient (Wildman–Crippen LogP) is 4.68. The zero-order chi connectivity index (χ0) is 30.9. The molecule has 2 amide bonds. The van der Waals surface area contributed by atoms with Crippen LogP contribution in [0, 0.1) is 12.7 Å². The highest BCUT2D eigenvalue weighted by molar-refractivity contribution is 7.92. The Bertz CT molecular complexity index is 1480. The lowest BCUT2D eigenvalue weighted by atomic mass is 10.1. The third kappa shape index (κ3) is 7.79. The van der Waals surface area contributed by atoms with Crippen LogP contribution in [-0.2, 0) is 26.2 Å². The number of unbranched alkanes of at least 4 members (excludes halogenated alkanes) is 1. The minimum absolute atomic E-state index is 0.0446. The number of halogens is 1. The predicted molar refractivity (Wildman–Crippen MR) is 160 cm³/mol. The fraction of sp³-hybridized carbons (Fsp3) is 0.355. The molecule has 0 aliphatic rings. The number of carbonyl (C=O) groups excluding carboxylic acids is 2. The molecule has 0 unspecified atom stereocenters. The van der Waals surface area contributed by atoms with Crippen LogP contribution in [0.4, 0.5) is 10.1 Å². The van der Waals surface area contributed by atoms with Gasteiger partial charge in [-0.2, -0.15) is 0 Å². The first-order valence-electron chi connectivity index (χ1n) is 13.7. The smallest absolute Gasteiger partial charge is 0.264 e. The van der Waals surface area contributed by atoms with Crippen LogP contribution < -0.4 is 19.1 Å². The van der Waals surface area contributed by atoms with Gasteiger partial charge in [-0.25, -0.2) is 12.8 Å². The molecule has 0 saturated heterocycles. The van der Waals surface area contributed by atoms with Crippen LogP contribution in [0.15, 0.2) is 71.6 Å². The molecule has 3 aromatic carbocycles. The summed E-state index contributed by atoms with van der Waals surface area (Å²) < 4.78 is 54.6. The summed E-state index contributed by atoms with van der Waals surface area (Å²) in [6.07, 6.45) is 1.61. The first-order chi connectivity index (χ1) is 20.0. The Kier molecular flexibility index (Phi) is 11.3. The van der Waals surface area contributed by atoms with E-state index < -0.39 is 40.2 Å². The minimum atomic E-state index is -4.33. The summed E-state index contributed by atoms with van der Waals surface area (Å²) in [6, 6.07) is 15.7. The third-order valence-corrected chi connectivity index (χ3v) is 8.61. The summed E-state index contributed by atoms with van der Waals surface area (Å²) in [5.41, 5.74) is 1.11. The Morgan fingerprint density at radius 2 is 1.69 bits per heavy atom. The fourth-order valence-corrected chi connectivity index (χ4v) is 5.69. The SMILES string of the molecule is CCCCNC(=O)[C@@H](C)N(Cc1ccccc1F)C(=O)CN(c1cc(OC)ccc1OC)S(=O)(=O)c1ccc(C)cc1. The second-order valence-electron chi connectivity index (χ2n) is 9.80. The van der Waals surface area contributed by atoms with Crippen molar-refractivity contribution in [2.24, 2.45) is 0 Å². The Hall–Kier alpha value is -4.12. The van der Waals surface area contributed by atoms with E-state index in [1.807, 2.05) is 13.8 Å². The molecule has 3 rings (SSSR count). The number of benzene rings is 3. The van der Waals surface area contributed by atoms with Crippen molar-refractivity contribution in [3.05, 3.63) is 83.7 Å². The summed E-state index contributed by atoms with van der Waals surface area (Å²) in [6.45, 7) is 4.82. The first-order valence-corrected chi connectivity index (χ1v) is 15.1. The van der Waals surface area contributed by atoms with Crippen molar-refractivity contribution in [3.8, 4) is 11.5 Å². The number of ether oxygens (including phenoxy) is 2. The molecule has 0 aromatic heterocycles. The van der Waals surface area contributed by atoms with Crippen LogP contribution in [0.1, 0.15) is 37.8 Å². The normalized spacial score (nSPS) is 11.9. The van der Waals surface area contributed by atoms with E-state index in [0.29, 0.717) is 12.3 Å². The molecule has 0 aliphatic carbocycles. The van der Waals surface area contributed by atoms with E-state index in [4.69, 9.17) is 9.47 Å². The molecule has 0 heterocycles. The number of rotatable bonds is 14. The molecule has 0 radical (unpaired) electrons. The lowest BCUT2D eigenvalue weighted by molar-refractivity contribution is -0.139. The quantitative estimate of drug-likeness (QED) is 0.270. The van der Waals surface area contributed by atoms with Gasteiger partial charge in [0.1, 0.15) is 29.9 Å². The number of nitrogens with one attached hydrogen (secondary N) is 1. The molecule has 3 aromatic rings. The molecular formula is C31H38FN3O6S. The minimum Gasteiger partial charge on any atom is -0.497 e. The Morgan fingerprint density at radius 1 is 1.00 bits per heavy atom. The topological polar surface area (TPSA) is 105 Å². The first kappa shape index (κ1) is 32.4. The fourth-order valence-electron chi connectivity index (χ4n) is 4.27. The van der Waals surface area contributed by atoms with Gasteiger partial charge in [0.15, 0.2) is 0 Å². The largest absolute Gasteiger partial charge is 0.497 e. The highest BCUT2D eigenvalue weighted by Crippen LogP contribution is 2.36. The number of aryl methyl sites for hydroxylation is 1. The lowest BCUT2D eigenvalue weighted by Gasteiger charge is -2.32. The van der Waals surface area contributed by atoms with E-state index >= 15 is 0 Å². The Labute approximate surface area is 247 Å². The second kappa shape index (κ2) is 14.7. The van der Waals surface area contributed by atoms with Crippen molar-refractivity contribution < 1.29 is 31.9 Å². The average molecular weight is 600 g/mol. The molecule has 1 atom stereocenters. The highest BCUT2D eigenvalue weighted by atomic mass is 32.2. The van der Waals surface area contributed by atoms with Gasteiger partial charge in [-0.05, 0) is 50.6 Å². The van der Waals surface area contributed by atoms with E-state index in [1.165, 1.54) is 68.5 Å². The van der Waals surface area contributed by atoms with Crippen LogP contribution in [0.5, 0.6) is 11.5 Å². The van der Waals surface area contributed by atoms with Crippen LogP contribution in [0.2, 0.25) is 0 Å². The highest BCUT2D eigenvalue weighted by Gasteiger charge is 2.34. The van der Waals surface area contributed by atoms with Gasteiger partial charge in [0.25, 0.3) is 10.0 Å². The Morgan fingerprint density at radius 3 is 2.31 bits per heavy atom. The van der Waals surface area contributed by atoms with Crippen molar-refractivity contribution in [2.45, 2.75) is 51.1 Å². The van der Waals surface area contributed by atoms with Crippen LogP contribution in [0.25, 0.3) is 0 Å². The Balaban J connectivity index is 2.10. The van der Waals surface area contributed by atoms with Gasteiger partial charge < -0.3 is 19.7 Å². The number of hydrogen-bond donors (Lipinski definition) is 1. The van der Waals surface area contributed by atoms with Crippen molar-refractivity contribution in [1.29, 1.82) is 0 Å². The van der Waals surface area contributed by atoms with E-state index in [1.54, 1.807) is 24.3 Å². The molecule has 0 bridgehead atoms. The molecule has 0 saturated carbocycles. The number of hydrogen-bond acceptors (Lipinski definition) is 6. The lowest BCUT2D eigenvalue weighted by Crippen LogP contribution is -2.51. The van der Waals surface area contributed by atoms with Crippen LogP contribution >= 0.6 is 0 Å². The summed E-state index contributed by atoms with van der Waals surface area (Å²) in [5.74, 6) is -1.16. The van der Waals surface area contributed by atoms with E-state index in [9.17, 15) is 22.4 Å². The number of methoxy groups -OCH3 is 2. The summed E-state index contributed by atoms with van der Waals surface area (Å²) in [7, 11) is -1.50. The average Bonchev–Trinajstić information content (AvgIpc) is 2.98. The van der Waals surface area contributed by atoms with Crippen LogP contribution in [0.3, 0.4) is 0 Å². The molecule has 11 heteroatoms. The van der Waals surface area contributed by atoms with Gasteiger partial charge in [-0.15, -0.1) is 0 Å². The molecule has 0 spiro atoms. The van der Waals surface area contributed by atoms with Gasteiger partial charge in [-0.1, -0.05) is 49.2 Å². The third-order valence-electron chi connectivity index (χ3n) is 6.84. The van der Waals surface area contributed by atoms with Crippen molar-refractivity contribution in [2.75, 3.05) is 31.6 Å². The maximum atomic E-state index is 14.7. The molecule has 42 heavy (non-hydrogen) atoms. The van der Waals surface area contributed by atoms with E-state index in [-0.39, 0.29) is 28.4 Å². The van der Waals surface area contributed by atoms with Gasteiger partial charge >= 0.3 is 0 Å². The summed E-state index contributed by atoms with van der Waals surface area (Å²) >= 11 is 0. The maximum Gasteiger partial charge on any atom is 0.264 e. The number of nitrogens with zero attached hydrogens (tertiary/aromatic N) is 2. The monoisotopic (exact) mass is 599 g/mol. The van der Waals surface area contributed by atoms with Gasteiger partial charge in [-0.3, -0.25) is 13.9 Å². The van der Waals surface area contributed by atoms with E-state index in [0.717, 1.165) is 22.7 Å². The zero-order valence-electron chi connectivity index (χ0n) is 24.6. The molecular weight excluding hydrogens is 561 g/mol. The van der Waals surface area contributed by atoms with Gasteiger partial charge in [0, 0.05) is 24.7 Å². The van der Waals surface area contributed by atoms with Crippen molar-refractivity contribution in [3.63, 3.8) is 0 Å². The van der Waals surface area contributed by atoms with E-state index in [2.05, 4.69) is 5.32 Å². The standard InChI is InChI=1S/C31H38FN3O6S/c1-6-7-18-33-31(37)23(3)34(20-24-10-8-9-11-27(24)32)30(36)21-35(28-19-25(40-4)14-17-29(28)41-5)42(38,39)26-15-12-22(2)13-16-26/h8-17,19,23H,6-7,18,20-21H2,1-5H3,(H,33,37)/t23-/m1/s1. The number of sulfonamides is 1. The van der Waals surface area contributed by atoms with Crippen molar-refractivity contribution in [1.82, 2.24) is 10.2 Å². The number of carbonyl (C=O) groups is 2. The maximum absolute atomic E-state index is 14.7. The molecule has 9 nitrogen and oxygen atoms in total. The summed E-state index contributed by atoms with van der Waals surface area (Å²) in [4.78, 5) is 28.3. The van der Waals surface area contributed by atoms with Gasteiger partial charge in [0.05, 0.1) is 24.8 Å². The molecule has 0 fully saturated rings. The number of anilines is 1. The van der Waals surface area contributed by atoms with Crippen molar-refractivity contribution >= 4 is 27.5 Å². The summed E-state index contributed by atoms with van der Waals surface area (Å²) in [5, 5.41) is 2.80.